The van der Waals surface area contributed by atoms with Crippen LogP contribution in [0.5, 0.6) is 5.75 Å². The molecule has 82 valence electrons. The second-order valence-electron chi connectivity index (χ2n) is 2.70. The molecule has 0 fully saturated rings. The van der Waals surface area contributed by atoms with E-state index in [0.29, 0.717) is 23.9 Å². The topological polar surface area (TPSA) is 47.6 Å². The van der Waals surface area contributed by atoms with Gasteiger partial charge in [-0.3, -0.25) is 0 Å². The number of methoxy groups -OCH3 is 1. The highest BCUT2D eigenvalue weighted by Gasteiger charge is 2.00. The summed E-state index contributed by atoms with van der Waals surface area (Å²) in [6.45, 7) is 0.719. The molecule has 0 unspecified atom stereocenters. The number of rotatable bonds is 4. The van der Waals surface area contributed by atoms with Crippen molar-refractivity contribution in [2.24, 2.45) is 0 Å². The van der Waals surface area contributed by atoms with Crippen LogP contribution in [0.4, 0.5) is 4.79 Å². The Kier molecular flexibility index (Phi) is 4.77. The first-order chi connectivity index (χ1) is 7.24. The largest absolute Gasteiger partial charge is 0.490 e. The summed E-state index contributed by atoms with van der Waals surface area (Å²) in [4.78, 5) is 10.7. The Hall–Kier alpha value is -1.42. The van der Waals surface area contributed by atoms with Crippen LogP contribution < -0.4 is 10.1 Å². The molecule has 4 nitrogen and oxygen atoms in total. The van der Waals surface area contributed by atoms with E-state index in [9.17, 15) is 4.79 Å². The van der Waals surface area contributed by atoms with E-state index in [-0.39, 0.29) is 0 Å². The molecule has 0 radical (unpaired) electrons. The fourth-order valence-electron chi connectivity index (χ4n) is 0.948. The number of hydrogen-bond donors (Lipinski definition) is 1. The van der Waals surface area contributed by atoms with Gasteiger partial charge in [0.15, 0.2) is 0 Å². The summed E-state index contributed by atoms with van der Waals surface area (Å²) in [5.41, 5.74) is 0. The highest BCUT2D eigenvalue weighted by molar-refractivity contribution is 6.32. The quantitative estimate of drug-likeness (QED) is 0.805. The van der Waals surface area contributed by atoms with Crippen molar-refractivity contribution in [2.45, 2.75) is 0 Å². The monoisotopic (exact) mass is 229 g/mol. The molecule has 0 saturated carbocycles. The molecule has 0 aliphatic rings. The molecule has 1 amide bonds. The van der Waals surface area contributed by atoms with Gasteiger partial charge in [0.25, 0.3) is 0 Å². The van der Waals surface area contributed by atoms with Gasteiger partial charge in [0, 0.05) is 0 Å². The van der Waals surface area contributed by atoms with Crippen LogP contribution >= 0.6 is 11.6 Å². The van der Waals surface area contributed by atoms with E-state index < -0.39 is 6.09 Å². The highest BCUT2D eigenvalue weighted by atomic mass is 35.5. The van der Waals surface area contributed by atoms with Crippen molar-refractivity contribution >= 4 is 17.7 Å². The lowest BCUT2D eigenvalue weighted by atomic mass is 10.3. The molecule has 0 atom stereocenters. The van der Waals surface area contributed by atoms with Gasteiger partial charge in [0.1, 0.15) is 12.4 Å². The second kappa shape index (κ2) is 6.14. The Balaban J connectivity index is 2.26. The van der Waals surface area contributed by atoms with Crippen molar-refractivity contribution in [1.29, 1.82) is 0 Å². The maximum atomic E-state index is 10.7. The van der Waals surface area contributed by atoms with Crippen LogP contribution in [0, 0.1) is 0 Å². The van der Waals surface area contributed by atoms with Crippen molar-refractivity contribution in [2.75, 3.05) is 20.3 Å². The van der Waals surface area contributed by atoms with E-state index in [1.54, 1.807) is 12.1 Å². The lowest BCUT2D eigenvalue weighted by Crippen LogP contribution is -2.27. The smallest absolute Gasteiger partial charge is 0.406 e. The predicted molar refractivity (Wildman–Crippen MR) is 57.4 cm³/mol. The molecule has 15 heavy (non-hydrogen) atoms. The van der Waals surface area contributed by atoms with Crippen LogP contribution in [-0.4, -0.2) is 26.4 Å². The maximum absolute atomic E-state index is 10.7. The van der Waals surface area contributed by atoms with Crippen LogP contribution in [0.1, 0.15) is 0 Å². The Morgan fingerprint density at radius 3 is 2.87 bits per heavy atom. The first-order valence-corrected chi connectivity index (χ1v) is 4.81. The SMILES string of the molecule is COC(=O)NCCOc1ccccc1Cl. The average Bonchev–Trinajstić information content (AvgIpc) is 2.26. The van der Waals surface area contributed by atoms with E-state index in [4.69, 9.17) is 16.3 Å². The number of nitrogens with one attached hydrogen (secondary N) is 1. The molecule has 0 aromatic heterocycles. The molecule has 1 rings (SSSR count). The third-order valence-corrected chi connectivity index (χ3v) is 1.96. The van der Waals surface area contributed by atoms with Crippen molar-refractivity contribution in [3.63, 3.8) is 0 Å². The summed E-state index contributed by atoms with van der Waals surface area (Å²) < 4.78 is 9.72. The standard InChI is InChI=1S/C10H12ClNO3/c1-14-10(13)12-6-7-15-9-5-3-2-4-8(9)11/h2-5H,6-7H2,1H3,(H,12,13). The van der Waals surface area contributed by atoms with Crippen molar-refractivity contribution < 1.29 is 14.3 Å². The molecule has 5 heteroatoms. The molecular weight excluding hydrogens is 218 g/mol. The van der Waals surface area contributed by atoms with Crippen molar-refractivity contribution in [3.05, 3.63) is 29.3 Å². The number of hydrogen-bond acceptors (Lipinski definition) is 3. The average molecular weight is 230 g/mol. The van der Waals surface area contributed by atoms with Gasteiger partial charge in [-0.25, -0.2) is 4.79 Å². The number of amides is 1. The van der Waals surface area contributed by atoms with Crippen molar-refractivity contribution in [1.82, 2.24) is 5.32 Å². The fraction of sp³-hybridized carbons (Fsp3) is 0.300. The molecule has 1 aromatic rings. The summed E-state index contributed by atoms with van der Waals surface area (Å²) in [5, 5.41) is 3.04. The molecule has 0 aliphatic carbocycles. The maximum Gasteiger partial charge on any atom is 0.406 e. The summed E-state index contributed by atoms with van der Waals surface area (Å²) in [7, 11) is 1.31. The predicted octanol–water partition coefficient (Wildman–Crippen LogP) is 2.07. The zero-order valence-corrected chi connectivity index (χ0v) is 9.08. The Bertz CT molecular complexity index is 330. The number of ether oxygens (including phenoxy) is 2. The molecule has 0 bridgehead atoms. The molecule has 1 aromatic carbocycles. The van der Waals surface area contributed by atoms with Crippen LogP contribution in [0.2, 0.25) is 5.02 Å². The Morgan fingerprint density at radius 1 is 1.47 bits per heavy atom. The number of halogens is 1. The van der Waals surface area contributed by atoms with Gasteiger partial charge in [0.05, 0.1) is 18.7 Å². The minimum absolute atomic E-state index is 0.346. The van der Waals surface area contributed by atoms with E-state index in [0.717, 1.165) is 0 Å². The zero-order chi connectivity index (χ0) is 11.1. The molecule has 0 aliphatic heterocycles. The fourth-order valence-corrected chi connectivity index (χ4v) is 1.14. The summed E-state index contributed by atoms with van der Waals surface area (Å²) >= 11 is 5.86. The van der Waals surface area contributed by atoms with Crippen LogP contribution in [0.25, 0.3) is 0 Å². The number of alkyl carbamates (subject to hydrolysis) is 1. The minimum Gasteiger partial charge on any atom is -0.490 e. The number of benzene rings is 1. The number of carbonyl (C=O) groups excluding carboxylic acids is 1. The molecule has 0 heterocycles. The molecule has 1 N–H and O–H groups in total. The molecular formula is C10H12ClNO3. The lowest BCUT2D eigenvalue weighted by Gasteiger charge is -2.07. The molecule has 0 spiro atoms. The number of para-hydroxylation sites is 1. The van der Waals surface area contributed by atoms with E-state index in [1.807, 2.05) is 12.1 Å². The van der Waals surface area contributed by atoms with Gasteiger partial charge >= 0.3 is 6.09 Å². The van der Waals surface area contributed by atoms with Crippen LogP contribution in [0.3, 0.4) is 0 Å². The van der Waals surface area contributed by atoms with Gasteiger partial charge in [-0.2, -0.15) is 0 Å². The van der Waals surface area contributed by atoms with Gasteiger partial charge < -0.3 is 14.8 Å². The summed E-state index contributed by atoms with van der Waals surface area (Å²) in [6, 6.07) is 7.15. The highest BCUT2D eigenvalue weighted by Crippen LogP contribution is 2.22. The molecule has 0 saturated heterocycles. The van der Waals surface area contributed by atoms with Crippen molar-refractivity contribution in [3.8, 4) is 5.75 Å². The first kappa shape index (κ1) is 11.7. The minimum atomic E-state index is -0.474. The normalized spacial score (nSPS) is 9.47. The summed E-state index contributed by atoms with van der Waals surface area (Å²) in [5.74, 6) is 0.603. The number of carbonyl (C=O) groups is 1. The van der Waals surface area contributed by atoms with E-state index >= 15 is 0 Å². The van der Waals surface area contributed by atoms with Crippen LogP contribution in [0.15, 0.2) is 24.3 Å². The van der Waals surface area contributed by atoms with Gasteiger partial charge in [0.2, 0.25) is 0 Å². The Morgan fingerprint density at radius 2 is 2.20 bits per heavy atom. The van der Waals surface area contributed by atoms with Gasteiger partial charge in [-0.05, 0) is 12.1 Å². The van der Waals surface area contributed by atoms with Gasteiger partial charge in [-0.15, -0.1) is 0 Å². The third kappa shape index (κ3) is 4.08. The van der Waals surface area contributed by atoms with Gasteiger partial charge in [-0.1, -0.05) is 23.7 Å². The van der Waals surface area contributed by atoms with Crippen LogP contribution in [-0.2, 0) is 4.74 Å². The lowest BCUT2D eigenvalue weighted by molar-refractivity contribution is 0.168. The van der Waals surface area contributed by atoms with E-state index in [1.165, 1.54) is 7.11 Å². The third-order valence-electron chi connectivity index (χ3n) is 1.65. The summed E-state index contributed by atoms with van der Waals surface area (Å²) in [6.07, 6.45) is -0.474. The second-order valence-corrected chi connectivity index (χ2v) is 3.10. The Labute approximate surface area is 93.1 Å². The zero-order valence-electron chi connectivity index (χ0n) is 8.33. The van der Waals surface area contributed by atoms with E-state index in [2.05, 4.69) is 10.1 Å². The first-order valence-electron chi connectivity index (χ1n) is 4.43.